The molecular formula is C60H40N2O. The predicted molar refractivity (Wildman–Crippen MR) is 264 cm³/mol. The van der Waals surface area contributed by atoms with Crippen LogP contribution in [0, 0.1) is 0 Å². The summed E-state index contributed by atoms with van der Waals surface area (Å²) in [6.07, 6.45) is 0. The smallest absolute Gasteiger partial charge is 0.143 e. The lowest BCUT2D eigenvalue weighted by molar-refractivity contribution is 0.670. The molecule has 0 aliphatic heterocycles. The van der Waals surface area contributed by atoms with E-state index in [9.17, 15) is 0 Å². The van der Waals surface area contributed by atoms with E-state index in [0.717, 1.165) is 72.4 Å². The Morgan fingerprint density at radius 1 is 0.302 bits per heavy atom. The topological polar surface area (TPSA) is 21.3 Å². The molecule has 12 rings (SSSR count). The Hall–Kier alpha value is -8.40. The summed E-state index contributed by atoms with van der Waals surface area (Å²) in [5.74, 6) is 0. The zero-order chi connectivity index (χ0) is 41.7. The maximum atomic E-state index is 6.81. The number of rotatable bonds is 8. The van der Waals surface area contributed by atoms with Crippen molar-refractivity contribution in [3.05, 3.63) is 243 Å². The molecule has 10 aromatic carbocycles. The van der Waals surface area contributed by atoms with E-state index in [0.29, 0.717) is 0 Å². The van der Waals surface area contributed by atoms with Crippen LogP contribution >= 0.6 is 0 Å². The van der Waals surface area contributed by atoms with Crippen LogP contribution in [0.15, 0.2) is 247 Å². The van der Waals surface area contributed by atoms with E-state index in [2.05, 4.69) is 246 Å². The van der Waals surface area contributed by atoms with E-state index in [4.69, 9.17) is 4.42 Å². The van der Waals surface area contributed by atoms with Crippen molar-refractivity contribution in [3.63, 3.8) is 0 Å². The molecule has 0 spiro atoms. The summed E-state index contributed by atoms with van der Waals surface area (Å²) in [7, 11) is 0. The van der Waals surface area contributed by atoms with Crippen molar-refractivity contribution in [2.45, 2.75) is 0 Å². The van der Waals surface area contributed by atoms with Gasteiger partial charge in [-0.1, -0.05) is 182 Å². The molecule has 12 aromatic rings. The van der Waals surface area contributed by atoms with Crippen LogP contribution in [0.2, 0.25) is 0 Å². The number of anilines is 3. The lowest BCUT2D eigenvalue weighted by Crippen LogP contribution is -2.11. The largest absolute Gasteiger partial charge is 0.455 e. The molecule has 0 saturated heterocycles. The molecule has 63 heavy (non-hydrogen) atoms. The highest BCUT2D eigenvalue weighted by atomic mass is 16.3. The van der Waals surface area contributed by atoms with Gasteiger partial charge in [0.1, 0.15) is 11.2 Å². The van der Waals surface area contributed by atoms with E-state index in [-0.39, 0.29) is 0 Å². The molecule has 2 heterocycles. The van der Waals surface area contributed by atoms with Gasteiger partial charge in [-0.15, -0.1) is 0 Å². The second kappa shape index (κ2) is 15.3. The maximum Gasteiger partial charge on any atom is 0.143 e. The van der Waals surface area contributed by atoms with Crippen molar-refractivity contribution >= 4 is 60.8 Å². The second-order valence-corrected chi connectivity index (χ2v) is 16.1. The number of nitrogens with zero attached hydrogens (tertiary/aromatic N) is 2. The summed E-state index contributed by atoms with van der Waals surface area (Å²) in [6.45, 7) is 0. The number of benzene rings is 10. The van der Waals surface area contributed by atoms with Crippen molar-refractivity contribution in [1.82, 2.24) is 4.57 Å². The molecule has 0 N–H and O–H groups in total. The Labute approximate surface area is 366 Å². The van der Waals surface area contributed by atoms with Gasteiger partial charge in [0.2, 0.25) is 0 Å². The van der Waals surface area contributed by atoms with Gasteiger partial charge in [0.05, 0.1) is 16.7 Å². The fraction of sp³-hybridized carbons (Fsp3) is 0. The minimum absolute atomic E-state index is 0.871. The average Bonchev–Trinajstić information content (AvgIpc) is 3.91. The van der Waals surface area contributed by atoms with E-state index >= 15 is 0 Å². The molecule has 296 valence electrons. The molecule has 0 saturated carbocycles. The highest BCUT2D eigenvalue weighted by Crippen LogP contribution is 2.46. The molecule has 0 aliphatic rings. The molecule has 2 aromatic heterocycles. The summed E-state index contributed by atoms with van der Waals surface area (Å²) in [4.78, 5) is 2.40. The quantitative estimate of drug-likeness (QED) is 0.153. The van der Waals surface area contributed by atoms with Gasteiger partial charge in [0.25, 0.3) is 0 Å². The molecule has 0 amide bonds. The summed E-state index contributed by atoms with van der Waals surface area (Å²) in [5.41, 5.74) is 17.4. The van der Waals surface area contributed by atoms with Crippen LogP contribution in [0.1, 0.15) is 0 Å². The van der Waals surface area contributed by atoms with Gasteiger partial charge in [-0.25, -0.2) is 0 Å². The number of fused-ring (bicyclic) bond motifs is 6. The fourth-order valence-electron chi connectivity index (χ4n) is 9.49. The van der Waals surface area contributed by atoms with Crippen LogP contribution in [0.5, 0.6) is 0 Å². The van der Waals surface area contributed by atoms with Gasteiger partial charge < -0.3 is 13.9 Å². The Kier molecular flexibility index (Phi) is 8.83. The molecule has 0 radical (unpaired) electrons. The molecular weight excluding hydrogens is 765 g/mol. The summed E-state index contributed by atoms with van der Waals surface area (Å²) < 4.78 is 9.23. The van der Waals surface area contributed by atoms with Gasteiger partial charge in [0.15, 0.2) is 0 Å². The first-order valence-corrected chi connectivity index (χ1v) is 21.5. The highest BCUT2D eigenvalue weighted by Gasteiger charge is 2.23. The summed E-state index contributed by atoms with van der Waals surface area (Å²) >= 11 is 0. The zero-order valence-electron chi connectivity index (χ0n) is 34.4. The van der Waals surface area contributed by atoms with Gasteiger partial charge in [-0.3, -0.25) is 0 Å². The highest BCUT2D eigenvalue weighted by molar-refractivity contribution is 6.12. The third-order valence-electron chi connectivity index (χ3n) is 12.4. The van der Waals surface area contributed by atoms with Crippen molar-refractivity contribution in [2.75, 3.05) is 4.90 Å². The van der Waals surface area contributed by atoms with Crippen molar-refractivity contribution in [1.29, 1.82) is 0 Å². The van der Waals surface area contributed by atoms with Crippen LogP contribution in [0.3, 0.4) is 0 Å². The van der Waals surface area contributed by atoms with E-state index in [1.54, 1.807) is 0 Å². The molecule has 0 bridgehead atoms. The number of hydrogen-bond donors (Lipinski definition) is 0. The van der Waals surface area contributed by atoms with Crippen LogP contribution in [0.25, 0.3) is 93.9 Å². The maximum absolute atomic E-state index is 6.81. The molecule has 0 aliphatic carbocycles. The summed E-state index contributed by atoms with van der Waals surface area (Å²) in [6, 6.07) is 87.1. The third-order valence-corrected chi connectivity index (χ3v) is 12.4. The van der Waals surface area contributed by atoms with Gasteiger partial charge >= 0.3 is 0 Å². The van der Waals surface area contributed by atoms with Gasteiger partial charge in [-0.2, -0.15) is 0 Å². The molecule has 0 unspecified atom stereocenters. The van der Waals surface area contributed by atoms with E-state index in [1.807, 2.05) is 6.07 Å². The van der Waals surface area contributed by atoms with E-state index in [1.165, 1.54) is 38.6 Å². The SMILES string of the molecule is c1ccc(-c2ccc(N(c3ccc(-c4ccccc4)c(-c4ccccc4)c3)c3ccc(-n4c5ccccc5c5ccccc54)c(-c4cccc5c4oc4ccccc45)c3)cc2)cc1. The number of hydrogen-bond acceptors (Lipinski definition) is 2. The monoisotopic (exact) mass is 804 g/mol. The zero-order valence-corrected chi connectivity index (χ0v) is 34.4. The molecule has 3 heteroatoms. The fourth-order valence-corrected chi connectivity index (χ4v) is 9.49. The first kappa shape index (κ1) is 36.5. The number of aromatic nitrogens is 1. The Morgan fingerprint density at radius 3 is 1.46 bits per heavy atom. The van der Waals surface area contributed by atoms with Gasteiger partial charge in [0, 0.05) is 49.7 Å². The van der Waals surface area contributed by atoms with Crippen LogP contribution in [0.4, 0.5) is 17.1 Å². The van der Waals surface area contributed by atoms with Crippen molar-refractivity contribution in [2.24, 2.45) is 0 Å². The van der Waals surface area contributed by atoms with Crippen LogP contribution in [-0.2, 0) is 0 Å². The van der Waals surface area contributed by atoms with Crippen molar-refractivity contribution in [3.8, 4) is 50.2 Å². The number of furan rings is 1. The third kappa shape index (κ3) is 6.29. The van der Waals surface area contributed by atoms with Gasteiger partial charge in [-0.05, 0) is 94.0 Å². The van der Waals surface area contributed by atoms with Crippen molar-refractivity contribution < 1.29 is 4.42 Å². The number of para-hydroxylation sites is 4. The minimum atomic E-state index is 0.871. The van der Waals surface area contributed by atoms with E-state index < -0.39 is 0 Å². The normalized spacial score (nSPS) is 11.5. The molecule has 0 fully saturated rings. The standard InChI is InChI=1S/C60H40N2O/c1-4-17-41(18-5-1)42-31-33-45(34-32-42)61(46-35-37-48(43-19-6-2-7-20-43)54(39-46)44-21-8-3-9-22-44)47-36-38-58(62-56-28-13-10-23-49(56)50-24-11-14-29-57(50)62)55(40-47)53-27-16-26-52-51-25-12-15-30-59(51)63-60(52)53/h1-40H. The molecule has 3 nitrogen and oxygen atoms in total. The lowest BCUT2D eigenvalue weighted by atomic mass is 9.93. The average molecular weight is 805 g/mol. The minimum Gasteiger partial charge on any atom is -0.455 e. The first-order valence-electron chi connectivity index (χ1n) is 21.5. The molecule has 0 atom stereocenters. The lowest BCUT2D eigenvalue weighted by Gasteiger charge is -2.28. The predicted octanol–water partition coefficient (Wildman–Crippen LogP) is 16.8. The Bertz CT molecular complexity index is 3550. The Balaban J connectivity index is 1.14. The van der Waals surface area contributed by atoms with Crippen LogP contribution in [-0.4, -0.2) is 4.57 Å². The Morgan fingerprint density at radius 2 is 0.794 bits per heavy atom. The summed E-state index contributed by atoms with van der Waals surface area (Å²) in [5, 5.41) is 4.64. The van der Waals surface area contributed by atoms with Crippen LogP contribution < -0.4 is 4.90 Å². The second-order valence-electron chi connectivity index (χ2n) is 16.1. The first-order chi connectivity index (χ1) is 31.3.